The van der Waals surface area contributed by atoms with Gasteiger partial charge in [0.05, 0.1) is 0 Å². The van der Waals surface area contributed by atoms with Crippen molar-refractivity contribution in [2.75, 3.05) is 37.7 Å². The first-order valence-electron chi connectivity index (χ1n) is 5.71. The predicted octanol–water partition coefficient (Wildman–Crippen LogP) is 0.359. The average molecular weight is 228 g/mol. The summed E-state index contributed by atoms with van der Waals surface area (Å²) >= 11 is 0. The van der Waals surface area contributed by atoms with Crippen LogP contribution in [0.2, 0.25) is 0 Å². The fraction of sp³-hybridized carbons (Fsp3) is 0.818. The molecule has 0 radical (unpaired) electrons. The molecule has 1 N–H and O–H groups in total. The molecule has 1 aliphatic carbocycles. The standard InChI is InChI=1S/C11H20N2OS/c1-10(8-12-11-2-3-11)9-13-4-6-15(14)7-5-13/h11-12H,1-9H2. The van der Waals surface area contributed by atoms with Crippen LogP contribution in [0.3, 0.4) is 0 Å². The molecule has 0 amide bonds. The van der Waals surface area contributed by atoms with Crippen LogP contribution < -0.4 is 5.32 Å². The molecule has 1 heterocycles. The molecule has 3 nitrogen and oxygen atoms in total. The topological polar surface area (TPSA) is 32.3 Å². The van der Waals surface area contributed by atoms with Crippen molar-refractivity contribution in [3.63, 3.8) is 0 Å². The highest BCUT2D eigenvalue weighted by Gasteiger charge is 2.21. The molecular weight excluding hydrogens is 208 g/mol. The smallest absolute Gasteiger partial charge is 0.0363 e. The average Bonchev–Trinajstić information content (AvgIpc) is 3.02. The van der Waals surface area contributed by atoms with Crippen molar-refractivity contribution in [2.45, 2.75) is 18.9 Å². The first-order chi connectivity index (χ1) is 7.24. The van der Waals surface area contributed by atoms with Crippen molar-refractivity contribution in [2.24, 2.45) is 0 Å². The molecular formula is C11H20N2OS. The van der Waals surface area contributed by atoms with E-state index in [1.165, 1.54) is 18.4 Å². The number of nitrogens with one attached hydrogen (secondary N) is 1. The van der Waals surface area contributed by atoms with Crippen molar-refractivity contribution >= 4 is 10.8 Å². The van der Waals surface area contributed by atoms with E-state index in [4.69, 9.17) is 0 Å². The molecule has 4 heteroatoms. The number of hydrogen-bond donors (Lipinski definition) is 1. The summed E-state index contributed by atoms with van der Waals surface area (Å²) in [5.74, 6) is 1.67. The lowest BCUT2D eigenvalue weighted by Gasteiger charge is -2.26. The summed E-state index contributed by atoms with van der Waals surface area (Å²) in [5, 5.41) is 3.47. The summed E-state index contributed by atoms with van der Waals surface area (Å²) in [6, 6.07) is 0.760. The lowest BCUT2D eigenvalue weighted by molar-refractivity contribution is 0.322. The highest BCUT2D eigenvalue weighted by molar-refractivity contribution is 7.85. The third-order valence-electron chi connectivity index (χ3n) is 2.94. The van der Waals surface area contributed by atoms with Crippen LogP contribution in [0.5, 0.6) is 0 Å². The van der Waals surface area contributed by atoms with Crippen LogP contribution in [-0.2, 0) is 10.8 Å². The minimum Gasteiger partial charge on any atom is -0.310 e. The molecule has 0 aromatic carbocycles. The monoisotopic (exact) mass is 228 g/mol. The van der Waals surface area contributed by atoms with Crippen LogP contribution in [0, 0.1) is 0 Å². The third-order valence-corrected chi connectivity index (χ3v) is 4.21. The number of nitrogens with zero attached hydrogens (tertiary/aromatic N) is 1. The molecule has 0 aromatic rings. The van der Waals surface area contributed by atoms with Gasteiger partial charge < -0.3 is 5.32 Å². The largest absolute Gasteiger partial charge is 0.310 e. The van der Waals surface area contributed by atoms with Crippen molar-refractivity contribution in [1.82, 2.24) is 10.2 Å². The zero-order valence-electron chi connectivity index (χ0n) is 9.21. The van der Waals surface area contributed by atoms with Gasteiger partial charge in [0.1, 0.15) is 0 Å². The maximum Gasteiger partial charge on any atom is 0.0363 e. The van der Waals surface area contributed by atoms with Gasteiger partial charge in [-0.3, -0.25) is 9.11 Å². The first kappa shape index (κ1) is 11.3. The summed E-state index contributed by atoms with van der Waals surface area (Å²) < 4.78 is 11.2. The molecule has 0 atom stereocenters. The minimum absolute atomic E-state index is 0.564. The van der Waals surface area contributed by atoms with Crippen molar-refractivity contribution in [1.29, 1.82) is 0 Å². The Balaban J connectivity index is 1.62. The van der Waals surface area contributed by atoms with Crippen molar-refractivity contribution < 1.29 is 4.21 Å². The molecule has 1 saturated carbocycles. The normalized spacial score (nSPS) is 24.3. The van der Waals surface area contributed by atoms with E-state index in [2.05, 4.69) is 16.8 Å². The Hall–Kier alpha value is -0.190. The zero-order chi connectivity index (χ0) is 10.7. The van der Waals surface area contributed by atoms with E-state index in [1.807, 2.05) is 0 Å². The lowest BCUT2D eigenvalue weighted by atomic mass is 10.2. The first-order valence-corrected chi connectivity index (χ1v) is 7.20. The SMILES string of the molecule is C=C(CNC1CC1)CN1CCS(=O)CC1. The van der Waals surface area contributed by atoms with E-state index in [9.17, 15) is 4.21 Å². The molecule has 2 aliphatic rings. The molecule has 0 aromatic heterocycles. The fourth-order valence-electron chi connectivity index (χ4n) is 1.78. The van der Waals surface area contributed by atoms with Crippen LogP contribution in [-0.4, -0.2) is 52.8 Å². The Bertz CT molecular complexity index is 253. The zero-order valence-corrected chi connectivity index (χ0v) is 10.0. The van der Waals surface area contributed by atoms with E-state index in [0.717, 1.165) is 43.7 Å². The summed E-state index contributed by atoms with van der Waals surface area (Å²) in [7, 11) is -0.564. The third kappa shape index (κ3) is 4.05. The minimum atomic E-state index is -0.564. The lowest BCUT2D eigenvalue weighted by Crippen LogP contribution is -2.39. The van der Waals surface area contributed by atoms with Crippen molar-refractivity contribution in [3.05, 3.63) is 12.2 Å². The Labute approximate surface area is 94.4 Å². The quantitative estimate of drug-likeness (QED) is 0.690. The Morgan fingerprint density at radius 1 is 1.40 bits per heavy atom. The van der Waals surface area contributed by atoms with E-state index in [0.29, 0.717) is 0 Å². The van der Waals surface area contributed by atoms with Gasteiger partial charge in [0.2, 0.25) is 0 Å². The molecule has 1 aliphatic heterocycles. The number of hydrogen-bond acceptors (Lipinski definition) is 3. The highest BCUT2D eigenvalue weighted by atomic mass is 32.2. The van der Waals surface area contributed by atoms with Crippen LogP contribution in [0.15, 0.2) is 12.2 Å². The van der Waals surface area contributed by atoms with Gasteiger partial charge in [-0.1, -0.05) is 6.58 Å². The number of rotatable bonds is 5. The van der Waals surface area contributed by atoms with E-state index < -0.39 is 10.8 Å². The predicted molar refractivity (Wildman–Crippen MR) is 64.5 cm³/mol. The van der Waals surface area contributed by atoms with E-state index in [-0.39, 0.29) is 0 Å². The Morgan fingerprint density at radius 3 is 2.67 bits per heavy atom. The second kappa shape index (κ2) is 5.23. The second-order valence-electron chi connectivity index (χ2n) is 4.53. The molecule has 2 fully saturated rings. The summed E-state index contributed by atoms with van der Waals surface area (Å²) in [4.78, 5) is 2.36. The summed E-state index contributed by atoms with van der Waals surface area (Å²) in [6.07, 6.45) is 2.66. The van der Waals surface area contributed by atoms with Gasteiger partial charge in [0.25, 0.3) is 0 Å². The molecule has 0 unspecified atom stereocenters. The molecule has 0 spiro atoms. The van der Waals surface area contributed by atoms with Gasteiger partial charge in [-0.15, -0.1) is 0 Å². The molecule has 86 valence electrons. The second-order valence-corrected chi connectivity index (χ2v) is 6.23. The van der Waals surface area contributed by atoms with Crippen LogP contribution in [0.1, 0.15) is 12.8 Å². The Morgan fingerprint density at radius 2 is 2.07 bits per heavy atom. The molecule has 15 heavy (non-hydrogen) atoms. The van der Waals surface area contributed by atoms with Gasteiger partial charge in [-0.05, 0) is 18.4 Å². The summed E-state index contributed by atoms with van der Waals surface area (Å²) in [5.41, 5.74) is 1.26. The maximum absolute atomic E-state index is 11.2. The van der Waals surface area contributed by atoms with Crippen LogP contribution in [0.4, 0.5) is 0 Å². The van der Waals surface area contributed by atoms with Crippen molar-refractivity contribution in [3.8, 4) is 0 Å². The molecule has 2 rings (SSSR count). The van der Waals surface area contributed by atoms with Gasteiger partial charge in [-0.2, -0.15) is 0 Å². The van der Waals surface area contributed by atoms with E-state index in [1.54, 1.807) is 0 Å². The molecule has 1 saturated heterocycles. The van der Waals surface area contributed by atoms with Gasteiger partial charge in [-0.25, -0.2) is 0 Å². The van der Waals surface area contributed by atoms with Gasteiger partial charge in [0.15, 0.2) is 0 Å². The highest BCUT2D eigenvalue weighted by Crippen LogP contribution is 2.18. The van der Waals surface area contributed by atoms with Crippen LogP contribution in [0.25, 0.3) is 0 Å². The van der Waals surface area contributed by atoms with Crippen LogP contribution >= 0.6 is 0 Å². The molecule has 0 bridgehead atoms. The summed E-state index contributed by atoms with van der Waals surface area (Å²) in [6.45, 7) is 7.94. The van der Waals surface area contributed by atoms with Gasteiger partial charge in [0, 0.05) is 54.5 Å². The van der Waals surface area contributed by atoms with Gasteiger partial charge >= 0.3 is 0 Å². The van der Waals surface area contributed by atoms with E-state index >= 15 is 0 Å². The Kier molecular flexibility index (Phi) is 3.94. The maximum atomic E-state index is 11.2. The fourth-order valence-corrected chi connectivity index (χ4v) is 2.91.